The molecule has 0 radical (unpaired) electrons. The highest BCUT2D eigenvalue weighted by Crippen LogP contribution is 2.37. The molecule has 1 fully saturated rings. The molecule has 1 heterocycles. The Kier molecular flexibility index (Phi) is 4.05. The zero-order chi connectivity index (χ0) is 10.7. The Morgan fingerprint density at radius 3 is 2.87 bits per heavy atom. The quantitative estimate of drug-likeness (QED) is 0.753. The highest BCUT2D eigenvalue weighted by Gasteiger charge is 2.36. The van der Waals surface area contributed by atoms with Crippen molar-refractivity contribution >= 4 is 18.0 Å². The molecule has 0 aromatic carbocycles. The van der Waals surface area contributed by atoms with Gasteiger partial charge in [-0.1, -0.05) is 26.2 Å². The molecule has 1 aliphatic heterocycles. The summed E-state index contributed by atoms with van der Waals surface area (Å²) in [4.78, 5) is 9.66. The van der Waals surface area contributed by atoms with Crippen molar-refractivity contribution in [2.45, 2.75) is 44.1 Å². The Bertz CT molecular complexity index is 235. The predicted molar refractivity (Wildman–Crippen MR) is 64.9 cm³/mol. The van der Waals surface area contributed by atoms with E-state index in [1.54, 1.807) is 0 Å². The minimum Gasteiger partial charge on any atom is -0.298 e. The summed E-state index contributed by atoms with van der Waals surface area (Å²) < 4.78 is 0. The second kappa shape index (κ2) is 5.32. The number of hydrogen-bond donors (Lipinski definition) is 1. The molecule has 0 bridgehead atoms. The number of rotatable bonds is 3. The van der Waals surface area contributed by atoms with E-state index in [4.69, 9.17) is 10.7 Å². The fraction of sp³-hybridized carbons (Fsp3) is 0.909. The van der Waals surface area contributed by atoms with Crippen LogP contribution in [0.25, 0.3) is 0 Å². The van der Waals surface area contributed by atoms with E-state index in [0.29, 0.717) is 5.92 Å². The molecule has 1 saturated carbocycles. The van der Waals surface area contributed by atoms with Crippen molar-refractivity contribution in [3.63, 3.8) is 0 Å². The zero-order valence-electron chi connectivity index (χ0n) is 9.26. The van der Waals surface area contributed by atoms with Crippen LogP contribution < -0.4 is 5.90 Å². The van der Waals surface area contributed by atoms with Gasteiger partial charge >= 0.3 is 0 Å². The Morgan fingerprint density at radius 1 is 1.47 bits per heavy atom. The van der Waals surface area contributed by atoms with E-state index < -0.39 is 0 Å². The lowest BCUT2D eigenvalue weighted by molar-refractivity contribution is -0.0182. The molecule has 86 valence electrons. The molecule has 0 aromatic rings. The number of hydrogen-bond acceptors (Lipinski definition) is 4. The molecule has 2 N–H and O–H groups in total. The third-order valence-corrected chi connectivity index (χ3v) is 4.70. The van der Waals surface area contributed by atoms with Gasteiger partial charge in [0.25, 0.3) is 0 Å². The van der Waals surface area contributed by atoms with Gasteiger partial charge < -0.3 is 0 Å². The molecule has 4 unspecified atom stereocenters. The van der Waals surface area contributed by atoms with Gasteiger partial charge in [0.05, 0.1) is 0 Å². The lowest BCUT2D eigenvalue weighted by Crippen LogP contribution is -2.39. The first-order chi connectivity index (χ1) is 7.33. The summed E-state index contributed by atoms with van der Waals surface area (Å²) in [5.41, 5.74) is 0. The molecular weight excluding hydrogens is 208 g/mol. The van der Waals surface area contributed by atoms with Crippen LogP contribution >= 0.6 is 11.8 Å². The van der Waals surface area contributed by atoms with Gasteiger partial charge in [-0.15, -0.1) is 11.8 Å². The average Bonchev–Trinajstić information content (AvgIpc) is 2.75. The van der Waals surface area contributed by atoms with Crippen molar-refractivity contribution in [3.8, 4) is 0 Å². The highest BCUT2D eigenvalue weighted by atomic mass is 32.2. The molecule has 3 nitrogen and oxygen atoms in total. The van der Waals surface area contributed by atoms with Crippen molar-refractivity contribution in [2.75, 3.05) is 5.75 Å². The second-order valence-corrected chi connectivity index (χ2v) is 5.73. The van der Waals surface area contributed by atoms with Crippen molar-refractivity contribution < 1.29 is 4.84 Å². The van der Waals surface area contributed by atoms with Crippen LogP contribution in [0.15, 0.2) is 4.99 Å². The van der Waals surface area contributed by atoms with Gasteiger partial charge in [0.2, 0.25) is 0 Å². The largest absolute Gasteiger partial charge is 0.298 e. The minimum absolute atomic E-state index is 0.115. The molecule has 4 atom stereocenters. The maximum absolute atomic E-state index is 5.46. The number of nitrogens with zero attached hydrogens (tertiary/aromatic N) is 1. The molecule has 1 aliphatic carbocycles. The van der Waals surface area contributed by atoms with Crippen LogP contribution in [-0.2, 0) is 4.84 Å². The van der Waals surface area contributed by atoms with E-state index >= 15 is 0 Å². The SMILES string of the molecule is CC1CCCCC1C(ON)C1N=CCS1. The van der Waals surface area contributed by atoms with Crippen LogP contribution in [0.2, 0.25) is 0 Å². The molecule has 2 rings (SSSR count). The third-order valence-electron chi connectivity index (χ3n) is 3.63. The van der Waals surface area contributed by atoms with Crippen LogP contribution in [0.3, 0.4) is 0 Å². The summed E-state index contributed by atoms with van der Waals surface area (Å²) in [7, 11) is 0. The maximum Gasteiger partial charge on any atom is 0.124 e. The van der Waals surface area contributed by atoms with Crippen molar-refractivity contribution in [3.05, 3.63) is 0 Å². The summed E-state index contributed by atoms with van der Waals surface area (Å²) in [5, 5.41) is 0.237. The van der Waals surface area contributed by atoms with Crippen LogP contribution in [0.1, 0.15) is 32.6 Å². The fourth-order valence-electron chi connectivity index (χ4n) is 2.72. The predicted octanol–water partition coefficient (Wildman–Crippen LogP) is 2.22. The first-order valence-electron chi connectivity index (χ1n) is 5.81. The lowest BCUT2D eigenvalue weighted by Gasteiger charge is -2.35. The summed E-state index contributed by atoms with van der Waals surface area (Å²) in [6.45, 7) is 2.32. The van der Waals surface area contributed by atoms with E-state index in [1.807, 2.05) is 18.0 Å². The monoisotopic (exact) mass is 228 g/mol. The van der Waals surface area contributed by atoms with Crippen LogP contribution in [0.5, 0.6) is 0 Å². The van der Waals surface area contributed by atoms with Gasteiger partial charge in [-0.2, -0.15) is 0 Å². The fourth-order valence-corrected chi connectivity index (χ4v) is 3.72. The maximum atomic E-state index is 5.46. The lowest BCUT2D eigenvalue weighted by atomic mass is 9.77. The number of thioether (sulfide) groups is 1. The van der Waals surface area contributed by atoms with Gasteiger partial charge in [-0.05, 0) is 18.3 Å². The summed E-state index contributed by atoms with van der Waals surface area (Å²) in [5.74, 6) is 7.78. The first kappa shape index (κ1) is 11.4. The number of nitrogens with two attached hydrogens (primary N) is 1. The highest BCUT2D eigenvalue weighted by molar-refractivity contribution is 8.00. The van der Waals surface area contributed by atoms with E-state index in [1.165, 1.54) is 25.7 Å². The van der Waals surface area contributed by atoms with Gasteiger partial charge in [-0.3, -0.25) is 9.83 Å². The van der Waals surface area contributed by atoms with Gasteiger partial charge in [0.1, 0.15) is 11.5 Å². The van der Waals surface area contributed by atoms with Crippen molar-refractivity contribution in [2.24, 2.45) is 22.7 Å². The van der Waals surface area contributed by atoms with Gasteiger partial charge in [0, 0.05) is 12.0 Å². The summed E-state index contributed by atoms with van der Waals surface area (Å²) >= 11 is 1.84. The average molecular weight is 228 g/mol. The topological polar surface area (TPSA) is 47.6 Å². The van der Waals surface area contributed by atoms with E-state index in [2.05, 4.69) is 11.9 Å². The molecule has 0 spiro atoms. The second-order valence-electron chi connectivity index (χ2n) is 4.58. The normalized spacial score (nSPS) is 38.1. The number of aliphatic imine (C=N–C) groups is 1. The van der Waals surface area contributed by atoms with Crippen LogP contribution in [-0.4, -0.2) is 23.4 Å². The summed E-state index contributed by atoms with van der Waals surface area (Å²) in [6.07, 6.45) is 7.33. The molecule has 0 amide bonds. The summed E-state index contributed by atoms with van der Waals surface area (Å²) in [6, 6.07) is 0. The first-order valence-corrected chi connectivity index (χ1v) is 6.86. The van der Waals surface area contributed by atoms with E-state index in [0.717, 1.165) is 11.7 Å². The Hall–Kier alpha value is -0.0600. The third kappa shape index (κ3) is 2.55. The Labute approximate surface area is 95.8 Å². The Morgan fingerprint density at radius 2 is 2.27 bits per heavy atom. The molecular formula is C11H20N2OS. The standard InChI is InChI=1S/C11H20N2OS/c1-8-4-2-3-5-9(8)10(14-12)11-13-6-7-15-11/h6,8-11H,2-5,7,12H2,1H3. The van der Waals surface area contributed by atoms with Crippen LogP contribution in [0, 0.1) is 11.8 Å². The van der Waals surface area contributed by atoms with E-state index in [-0.39, 0.29) is 11.5 Å². The van der Waals surface area contributed by atoms with E-state index in [9.17, 15) is 0 Å². The molecule has 4 heteroatoms. The molecule has 15 heavy (non-hydrogen) atoms. The van der Waals surface area contributed by atoms with Crippen molar-refractivity contribution in [1.82, 2.24) is 0 Å². The van der Waals surface area contributed by atoms with Crippen LogP contribution in [0.4, 0.5) is 0 Å². The molecule has 2 aliphatic rings. The minimum atomic E-state index is 0.115. The zero-order valence-corrected chi connectivity index (χ0v) is 10.1. The smallest absolute Gasteiger partial charge is 0.124 e. The van der Waals surface area contributed by atoms with Crippen molar-refractivity contribution in [1.29, 1.82) is 0 Å². The molecule has 0 aromatic heterocycles. The Balaban J connectivity index is 2.00. The molecule has 0 saturated heterocycles. The van der Waals surface area contributed by atoms with Gasteiger partial charge in [-0.25, -0.2) is 5.90 Å². The van der Waals surface area contributed by atoms with Gasteiger partial charge in [0.15, 0.2) is 0 Å².